The summed E-state index contributed by atoms with van der Waals surface area (Å²) in [7, 11) is 0. The van der Waals surface area contributed by atoms with Crippen molar-refractivity contribution in [3.8, 4) is 5.75 Å². The minimum atomic E-state index is 0.0541. The van der Waals surface area contributed by atoms with Gasteiger partial charge in [0.1, 0.15) is 11.9 Å². The van der Waals surface area contributed by atoms with Gasteiger partial charge in [0.25, 0.3) is 0 Å². The number of nitrogens with one attached hydrogen (secondary N) is 1. The van der Waals surface area contributed by atoms with Gasteiger partial charge in [0.05, 0.1) is 25.8 Å². The van der Waals surface area contributed by atoms with Gasteiger partial charge in [0, 0.05) is 19.0 Å². The maximum absolute atomic E-state index is 12.4. The topological polar surface area (TPSA) is 50.8 Å². The fraction of sp³-hybridized carbons (Fsp3) is 0.632. The first-order valence-corrected chi connectivity index (χ1v) is 9.16. The molecule has 2 aliphatic heterocycles. The number of hydrogen-bond acceptors (Lipinski definition) is 4. The van der Waals surface area contributed by atoms with Gasteiger partial charge >= 0.3 is 0 Å². The lowest BCUT2D eigenvalue weighted by Crippen LogP contribution is -2.55. The summed E-state index contributed by atoms with van der Waals surface area (Å²) in [5.74, 6) is 1.05. The molecule has 5 nitrogen and oxygen atoms in total. The Bertz CT molecular complexity index is 565. The third-order valence-corrected chi connectivity index (χ3v) is 5.43. The van der Waals surface area contributed by atoms with Crippen molar-refractivity contribution >= 4 is 5.91 Å². The lowest BCUT2D eigenvalue weighted by molar-refractivity contribution is -0.129. The standard InChI is InChI=1S/C19H26N2O3/c22-19(13-21-9-10-23-18-8-4-2-6-16(18)21)20-12-15-11-14-5-1-3-7-17(14)24-15/h1,3,5,7,15-16,18H,2,4,6,8-13H2,(H,20,22). The molecule has 1 aliphatic carbocycles. The number of benzene rings is 1. The van der Waals surface area contributed by atoms with Gasteiger partial charge in [-0.3, -0.25) is 9.69 Å². The van der Waals surface area contributed by atoms with Gasteiger partial charge in [-0.15, -0.1) is 0 Å². The Balaban J connectivity index is 1.25. The van der Waals surface area contributed by atoms with Crippen LogP contribution in [0.4, 0.5) is 0 Å². The van der Waals surface area contributed by atoms with Crippen LogP contribution in [0.2, 0.25) is 0 Å². The number of rotatable bonds is 4. The van der Waals surface area contributed by atoms with E-state index in [2.05, 4.69) is 16.3 Å². The SMILES string of the molecule is O=C(CN1CCOC2CCCCC21)NCC1Cc2ccccc2O1. The van der Waals surface area contributed by atoms with Gasteiger partial charge in [-0.1, -0.05) is 31.0 Å². The minimum absolute atomic E-state index is 0.0541. The summed E-state index contributed by atoms with van der Waals surface area (Å²) < 4.78 is 11.8. The van der Waals surface area contributed by atoms with E-state index < -0.39 is 0 Å². The van der Waals surface area contributed by atoms with Crippen molar-refractivity contribution in [3.05, 3.63) is 29.8 Å². The van der Waals surface area contributed by atoms with E-state index in [4.69, 9.17) is 9.47 Å². The zero-order chi connectivity index (χ0) is 16.4. The molecule has 0 spiro atoms. The van der Waals surface area contributed by atoms with Crippen molar-refractivity contribution in [1.82, 2.24) is 10.2 Å². The molecular weight excluding hydrogens is 304 g/mol. The highest BCUT2D eigenvalue weighted by Crippen LogP contribution is 2.29. The maximum atomic E-state index is 12.4. The van der Waals surface area contributed by atoms with Crippen molar-refractivity contribution in [1.29, 1.82) is 0 Å². The van der Waals surface area contributed by atoms with Crippen LogP contribution in [0.15, 0.2) is 24.3 Å². The smallest absolute Gasteiger partial charge is 0.234 e. The second-order valence-electron chi connectivity index (χ2n) is 7.09. The molecule has 3 atom stereocenters. The Labute approximate surface area is 143 Å². The van der Waals surface area contributed by atoms with Crippen LogP contribution in [0.5, 0.6) is 5.75 Å². The average Bonchev–Trinajstić information content (AvgIpc) is 3.03. The Hall–Kier alpha value is -1.59. The third-order valence-electron chi connectivity index (χ3n) is 5.43. The van der Waals surface area contributed by atoms with Crippen LogP contribution in [-0.4, -0.2) is 55.3 Å². The molecule has 24 heavy (non-hydrogen) atoms. The molecule has 1 amide bonds. The molecule has 1 aromatic rings. The van der Waals surface area contributed by atoms with Crippen LogP contribution in [-0.2, 0) is 16.0 Å². The van der Waals surface area contributed by atoms with Gasteiger partial charge in [-0.2, -0.15) is 0 Å². The Morgan fingerprint density at radius 3 is 3.04 bits per heavy atom. The van der Waals surface area contributed by atoms with E-state index in [1.165, 1.54) is 18.4 Å². The average molecular weight is 330 g/mol. The molecule has 0 bridgehead atoms. The van der Waals surface area contributed by atoms with E-state index >= 15 is 0 Å². The predicted molar refractivity (Wildman–Crippen MR) is 91.1 cm³/mol. The summed E-state index contributed by atoms with van der Waals surface area (Å²) >= 11 is 0. The third kappa shape index (κ3) is 3.42. The second-order valence-corrected chi connectivity index (χ2v) is 7.09. The fourth-order valence-electron chi connectivity index (χ4n) is 4.21. The summed E-state index contributed by atoms with van der Waals surface area (Å²) in [6.07, 6.45) is 6.04. The molecule has 0 radical (unpaired) electrons. The van der Waals surface area contributed by atoms with Crippen molar-refractivity contribution in [2.24, 2.45) is 0 Å². The summed E-state index contributed by atoms with van der Waals surface area (Å²) in [6.45, 7) is 2.66. The Kier molecular flexibility index (Phi) is 4.72. The highest BCUT2D eigenvalue weighted by molar-refractivity contribution is 5.78. The minimum Gasteiger partial charge on any atom is -0.488 e. The molecule has 3 unspecified atom stereocenters. The number of morpholine rings is 1. The molecule has 1 saturated carbocycles. The number of carbonyl (C=O) groups excluding carboxylic acids is 1. The first-order valence-electron chi connectivity index (χ1n) is 9.16. The number of fused-ring (bicyclic) bond motifs is 2. The molecule has 1 N–H and O–H groups in total. The van der Waals surface area contributed by atoms with Crippen molar-refractivity contribution in [3.63, 3.8) is 0 Å². The number of amides is 1. The van der Waals surface area contributed by atoms with Gasteiger partial charge in [-0.05, 0) is 24.5 Å². The van der Waals surface area contributed by atoms with Crippen LogP contribution >= 0.6 is 0 Å². The molecule has 2 heterocycles. The molecule has 1 saturated heterocycles. The van der Waals surface area contributed by atoms with E-state index in [1.54, 1.807) is 0 Å². The lowest BCUT2D eigenvalue weighted by Gasteiger charge is -2.43. The Morgan fingerprint density at radius 1 is 1.25 bits per heavy atom. The predicted octanol–water partition coefficient (Wildman–Crippen LogP) is 1.75. The van der Waals surface area contributed by atoms with E-state index in [-0.39, 0.29) is 12.0 Å². The van der Waals surface area contributed by atoms with Gasteiger partial charge in [0.15, 0.2) is 0 Å². The normalized spacial score (nSPS) is 29.4. The lowest BCUT2D eigenvalue weighted by atomic mass is 9.90. The number of ether oxygens (including phenoxy) is 2. The summed E-state index contributed by atoms with van der Waals surface area (Å²) in [6, 6.07) is 8.52. The van der Waals surface area contributed by atoms with Crippen molar-refractivity contribution < 1.29 is 14.3 Å². The van der Waals surface area contributed by atoms with Gasteiger partial charge in [0.2, 0.25) is 5.91 Å². The molecule has 4 rings (SSSR count). The first-order chi connectivity index (χ1) is 11.8. The van der Waals surface area contributed by atoms with Crippen LogP contribution in [0.25, 0.3) is 0 Å². The van der Waals surface area contributed by atoms with E-state index in [0.717, 1.165) is 38.2 Å². The number of para-hydroxylation sites is 1. The van der Waals surface area contributed by atoms with E-state index in [0.29, 0.717) is 25.2 Å². The van der Waals surface area contributed by atoms with Crippen LogP contribution < -0.4 is 10.1 Å². The van der Waals surface area contributed by atoms with Crippen molar-refractivity contribution in [2.75, 3.05) is 26.2 Å². The number of carbonyl (C=O) groups is 1. The highest BCUT2D eigenvalue weighted by atomic mass is 16.5. The molecule has 3 aliphatic rings. The van der Waals surface area contributed by atoms with Crippen molar-refractivity contribution in [2.45, 2.75) is 50.4 Å². The largest absolute Gasteiger partial charge is 0.488 e. The second kappa shape index (κ2) is 7.11. The molecule has 130 valence electrons. The summed E-state index contributed by atoms with van der Waals surface area (Å²) in [5, 5.41) is 3.06. The maximum Gasteiger partial charge on any atom is 0.234 e. The van der Waals surface area contributed by atoms with E-state index in [1.807, 2.05) is 18.2 Å². The van der Waals surface area contributed by atoms with Crippen LogP contribution in [0.1, 0.15) is 31.2 Å². The number of hydrogen-bond donors (Lipinski definition) is 1. The van der Waals surface area contributed by atoms with Gasteiger partial charge < -0.3 is 14.8 Å². The molecule has 5 heteroatoms. The monoisotopic (exact) mass is 330 g/mol. The summed E-state index contributed by atoms with van der Waals surface area (Å²) in [5.41, 5.74) is 1.23. The number of nitrogens with zero attached hydrogens (tertiary/aromatic N) is 1. The fourth-order valence-corrected chi connectivity index (χ4v) is 4.21. The quantitative estimate of drug-likeness (QED) is 0.914. The molecule has 0 aromatic heterocycles. The molecule has 2 fully saturated rings. The van der Waals surface area contributed by atoms with Crippen LogP contribution in [0, 0.1) is 0 Å². The molecular formula is C19H26N2O3. The van der Waals surface area contributed by atoms with Gasteiger partial charge in [-0.25, -0.2) is 0 Å². The zero-order valence-electron chi connectivity index (χ0n) is 14.1. The first kappa shape index (κ1) is 15.9. The molecule has 1 aromatic carbocycles. The Morgan fingerprint density at radius 2 is 2.12 bits per heavy atom. The highest BCUT2D eigenvalue weighted by Gasteiger charge is 2.35. The van der Waals surface area contributed by atoms with E-state index in [9.17, 15) is 4.79 Å². The summed E-state index contributed by atoms with van der Waals surface area (Å²) in [4.78, 5) is 14.7. The zero-order valence-corrected chi connectivity index (χ0v) is 14.1. The van der Waals surface area contributed by atoms with Crippen LogP contribution in [0.3, 0.4) is 0 Å².